The lowest BCUT2D eigenvalue weighted by molar-refractivity contribution is 0.302. The molecule has 2 aromatic carbocycles. The van der Waals surface area contributed by atoms with Crippen molar-refractivity contribution in [1.82, 2.24) is 5.32 Å². The topological polar surface area (TPSA) is 21.3 Å². The summed E-state index contributed by atoms with van der Waals surface area (Å²) in [6.07, 6.45) is 7.86. The zero-order valence-electron chi connectivity index (χ0n) is 15.9. The number of nitrogens with one attached hydrogen (secondary N) is 1. The Hall–Kier alpha value is -0.740. The van der Waals surface area contributed by atoms with Crippen LogP contribution in [0.2, 0.25) is 10.0 Å². The molecule has 2 aromatic rings. The van der Waals surface area contributed by atoms with Gasteiger partial charge in [0, 0.05) is 16.6 Å². The third kappa shape index (κ3) is 8.43. The number of benzene rings is 2. The van der Waals surface area contributed by atoms with E-state index in [-0.39, 0.29) is 0 Å². The van der Waals surface area contributed by atoms with Gasteiger partial charge in [-0.1, -0.05) is 84.2 Å². The molecule has 0 amide bonds. The Bertz CT molecular complexity index is 709. The summed E-state index contributed by atoms with van der Waals surface area (Å²) >= 11 is 15.6. The van der Waals surface area contributed by atoms with E-state index < -0.39 is 0 Å². The normalized spacial score (nSPS) is 11.0. The van der Waals surface area contributed by atoms with Crippen molar-refractivity contribution in [3.63, 3.8) is 0 Å². The molecule has 0 bridgehead atoms. The van der Waals surface area contributed by atoms with Gasteiger partial charge in [-0.2, -0.15) is 0 Å². The Balaban J connectivity index is 1.82. The minimum Gasteiger partial charge on any atom is -0.489 e. The Kier molecular flexibility index (Phi) is 10.6. The van der Waals surface area contributed by atoms with Crippen LogP contribution < -0.4 is 10.1 Å². The first-order valence-corrected chi connectivity index (χ1v) is 11.2. The van der Waals surface area contributed by atoms with E-state index in [4.69, 9.17) is 27.9 Å². The molecule has 0 aliphatic heterocycles. The smallest absolute Gasteiger partial charge is 0.124 e. The van der Waals surface area contributed by atoms with E-state index in [0.717, 1.165) is 34.4 Å². The highest BCUT2D eigenvalue weighted by Gasteiger charge is 2.06. The van der Waals surface area contributed by atoms with E-state index in [1.54, 1.807) is 6.07 Å². The van der Waals surface area contributed by atoms with E-state index in [1.165, 1.54) is 38.5 Å². The van der Waals surface area contributed by atoms with Gasteiger partial charge >= 0.3 is 0 Å². The van der Waals surface area contributed by atoms with Crippen molar-refractivity contribution >= 4 is 39.1 Å². The van der Waals surface area contributed by atoms with Crippen LogP contribution in [-0.2, 0) is 13.2 Å². The fourth-order valence-corrected chi connectivity index (χ4v) is 3.60. The number of unbranched alkanes of at least 4 members (excludes halogenated alkanes) is 5. The van der Waals surface area contributed by atoms with Gasteiger partial charge in [-0.25, -0.2) is 0 Å². The highest BCUT2D eigenvalue weighted by Crippen LogP contribution is 2.26. The Labute approximate surface area is 181 Å². The second-order valence-corrected chi connectivity index (χ2v) is 8.46. The maximum absolute atomic E-state index is 6.08. The van der Waals surface area contributed by atoms with Crippen molar-refractivity contribution < 1.29 is 4.74 Å². The summed E-state index contributed by atoms with van der Waals surface area (Å²) in [6, 6.07) is 11.7. The molecule has 0 aliphatic rings. The van der Waals surface area contributed by atoms with Gasteiger partial charge in [0.15, 0.2) is 0 Å². The predicted molar refractivity (Wildman–Crippen MR) is 120 cm³/mol. The van der Waals surface area contributed by atoms with E-state index >= 15 is 0 Å². The number of hydrogen-bond donors (Lipinski definition) is 1. The minimum atomic E-state index is 0.461. The molecule has 2 rings (SSSR count). The Morgan fingerprint density at radius 3 is 2.48 bits per heavy atom. The largest absolute Gasteiger partial charge is 0.489 e. The summed E-state index contributed by atoms with van der Waals surface area (Å²) in [7, 11) is 0. The monoisotopic (exact) mass is 471 g/mol. The molecule has 27 heavy (non-hydrogen) atoms. The molecule has 0 saturated heterocycles. The molecular weight excluding hydrogens is 445 g/mol. The summed E-state index contributed by atoms with van der Waals surface area (Å²) in [6.45, 7) is 4.54. The second-order valence-electron chi connectivity index (χ2n) is 6.73. The molecule has 0 spiro atoms. The van der Waals surface area contributed by atoms with Crippen LogP contribution in [-0.4, -0.2) is 6.54 Å². The number of rotatable bonds is 12. The van der Waals surface area contributed by atoms with E-state index in [0.29, 0.717) is 16.7 Å². The van der Waals surface area contributed by atoms with Gasteiger partial charge in [-0.05, 0) is 48.9 Å². The van der Waals surface area contributed by atoms with Crippen molar-refractivity contribution in [2.45, 2.75) is 58.6 Å². The summed E-state index contributed by atoms with van der Waals surface area (Å²) in [5, 5.41) is 4.64. The molecule has 0 heterocycles. The van der Waals surface area contributed by atoms with Crippen LogP contribution in [0.4, 0.5) is 0 Å². The lowest BCUT2D eigenvalue weighted by Gasteiger charge is -2.13. The number of hydrogen-bond acceptors (Lipinski definition) is 2. The van der Waals surface area contributed by atoms with E-state index in [2.05, 4.69) is 34.2 Å². The summed E-state index contributed by atoms with van der Waals surface area (Å²) in [5.74, 6) is 0.889. The van der Waals surface area contributed by atoms with Gasteiger partial charge in [-0.3, -0.25) is 0 Å². The molecule has 0 aromatic heterocycles. The van der Waals surface area contributed by atoms with Crippen molar-refractivity contribution in [2.24, 2.45) is 0 Å². The van der Waals surface area contributed by atoms with Crippen molar-refractivity contribution in [1.29, 1.82) is 0 Å². The molecule has 5 heteroatoms. The van der Waals surface area contributed by atoms with E-state index in [9.17, 15) is 0 Å². The standard InChI is InChI=1S/C22H28BrCl2NO/c1-2-3-4-5-6-7-12-26-15-18-14-19(23)9-11-22(18)27-16-17-8-10-20(24)21(25)13-17/h8-11,13-14,26H,2-7,12,15-16H2,1H3. The van der Waals surface area contributed by atoms with Gasteiger partial charge in [0.1, 0.15) is 12.4 Å². The average Bonchev–Trinajstić information content (AvgIpc) is 2.66. The van der Waals surface area contributed by atoms with Crippen LogP contribution in [0.15, 0.2) is 40.9 Å². The fourth-order valence-electron chi connectivity index (χ4n) is 2.87. The van der Waals surface area contributed by atoms with Crippen LogP contribution >= 0.6 is 39.1 Å². The third-order valence-electron chi connectivity index (χ3n) is 4.42. The third-order valence-corrected chi connectivity index (χ3v) is 5.66. The summed E-state index contributed by atoms with van der Waals surface area (Å²) in [4.78, 5) is 0. The van der Waals surface area contributed by atoms with Crippen molar-refractivity contribution in [3.8, 4) is 5.75 Å². The average molecular weight is 473 g/mol. The highest BCUT2D eigenvalue weighted by molar-refractivity contribution is 9.10. The summed E-state index contributed by atoms with van der Waals surface area (Å²) < 4.78 is 7.09. The molecule has 0 radical (unpaired) electrons. The minimum absolute atomic E-state index is 0.461. The first-order chi connectivity index (χ1) is 13.1. The summed E-state index contributed by atoms with van der Waals surface area (Å²) in [5.41, 5.74) is 2.15. The number of halogens is 3. The molecular formula is C22H28BrCl2NO. The predicted octanol–water partition coefficient (Wildman–Crippen LogP) is 7.79. The van der Waals surface area contributed by atoms with Gasteiger partial charge in [0.25, 0.3) is 0 Å². The van der Waals surface area contributed by atoms with Gasteiger partial charge in [0.2, 0.25) is 0 Å². The molecule has 1 N–H and O–H groups in total. The highest BCUT2D eigenvalue weighted by atomic mass is 79.9. The first-order valence-electron chi connectivity index (χ1n) is 9.66. The maximum Gasteiger partial charge on any atom is 0.124 e. The SMILES string of the molecule is CCCCCCCCNCc1cc(Br)ccc1OCc1ccc(Cl)c(Cl)c1. The second kappa shape index (κ2) is 12.7. The zero-order chi connectivity index (χ0) is 19.5. The lowest BCUT2D eigenvalue weighted by Crippen LogP contribution is -2.15. The molecule has 148 valence electrons. The molecule has 0 saturated carbocycles. The van der Waals surface area contributed by atoms with Crippen LogP contribution in [0.5, 0.6) is 5.75 Å². The Morgan fingerprint density at radius 2 is 1.70 bits per heavy atom. The first kappa shape index (κ1) is 22.5. The molecule has 0 atom stereocenters. The quantitative estimate of drug-likeness (QED) is 0.318. The van der Waals surface area contributed by atoms with Crippen LogP contribution in [0.1, 0.15) is 56.6 Å². The van der Waals surface area contributed by atoms with Gasteiger partial charge in [0.05, 0.1) is 10.0 Å². The van der Waals surface area contributed by atoms with E-state index in [1.807, 2.05) is 24.3 Å². The van der Waals surface area contributed by atoms with Crippen LogP contribution in [0, 0.1) is 0 Å². The Morgan fingerprint density at radius 1 is 0.926 bits per heavy atom. The molecule has 0 aliphatic carbocycles. The van der Waals surface area contributed by atoms with Gasteiger partial charge in [-0.15, -0.1) is 0 Å². The lowest BCUT2D eigenvalue weighted by atomic mass is 10.1. The maximum atomic E-state index is 6.08. The fraction of sp³-hybridized carbons (Fsp3) is 0.455. The zero-order valence-corrected chi connectivity index (χ0v) is 19.0. The van der Waals surface area contributed by atoms with Crippen molar-refractivity contribution in [2.75, 3.05) is 6.54 Å². The van der Waals surface area contributed by atoms with Gasteiger partial charge < -0.3 is 10.1 Å². The van der Waals surface area contributed by atoms with Crippen LogP contribution in [0.25, 0.3) is 0 Å². The molecule has 0 unspecified atom stereocenters. The molecule has 2 nitrogen and oxygen atoms in total. The van der Waals surface area contributed by atoms with Crippen LogP contribution in [0.3, 0.4) is 0 Å². The number of ether oxygens (including phenoxy) is 1. The van der Waals surface area contributed by atoms with Crippen molar-refractivity contribution in [3.05, 3.63) is 62.0 Å². The molecule has 0 fully saturated rings.